The molecular weight excluding hydrogens is 377 g/mol. The Bertz CT molecular complexity index is 631. The second-order valence-corrected chi connectivity index (χ2v) is 9.12. The lowest BCUT2D eigenvalue weighted by Gasteiger charge is -2.14. The van der Waals surface area contributed by atoms with E-state index in [1.54, 1.807) is 18.2 Å². The molecule has 0 aromatic heterocycles. The Morgan fingerprint density at radius 2 is 1.90 bits per heavy atom. The van der Waals surface area contributed by atoms with Crippen LogP contribution in [0.1, 0.15) is 0 Å². The quantitative estimate of drug-likeness (QED) is 0.636. The average molecular weight is 389 g/mol. The van der Waals surface area contributed by atoms with E-state index in [0.29, 0.717) is 14.9 Å². The number of amides is 1. The Morgan fingerprint density at radius 3 is 2.43 bits per heavy atom. The molecule has 0 unspecified atom stereocenters. The van der Waals surface area contributed by atoms with Crippen LogP contribution in [0.25, 0.3) is 0 Å². The minimum Gasteiger partial charge on any atom is -0.350 e. The monoisotopic (exact) mass is 387 g/mol. The van der Waals surface area contributed by atoms with Crippen molar-refractivity contribution in [3.05, 3.63) is 28.2 Å². The van der Waals surface area contributed by atoms with Gasteiger partial charge in [0.15, 0.2) is 9.84 Å². The number of nitrogens with one attached hydrogen (secondary N) is 1. The molecule has 1 saturated heterocycles. The van der Waals surface area contributed by atoms with E-state index in [-0.39, 0.29) is 23.2 Å². The van der Waals surface area contributed by atoms with Crippen LogP contribution in [0.5, 0.6) is 0 Å². The fourth-order valence-electron chi connectivity index (χ4n) is 1.94. The predicted octanol–water partition coefficient (Wildman–Crippen LogP) is 2.61. The lowest BCUT2D eigenvalue weighted by Crippen LogP contribution is -2.41. The van der Waals surface area contributed by atoms with Crippen molar-refractivity contribution in [1.82, 2.24) is 5.32 Å². The zero-order chi connectivity index (χ0) is 15.6. The number of rotatable bonds is 4. The molecular formula is C12H12Cl3NO3S2. The Kier molecular flexibility index (Phi) is 5.71. The van der Waals surface area contributed by atoms with Crippen molar-refractivity contribution in [2.75, 3.05) is 17.3 Å². The Hall–Kier alpha value is -0.140. The van der Waals surface area contributed by atoms with Gasteiger partial charge < -0.3 is 5.32 Å². The number of sulfone groups is 1. The summed E-state index contributed by atoms with van der Waals surface area (Å²) in [5, 5.41) is 2.99. The summed E-state index contributed by atoms with van der Waals surface area (Å²) in [6, 6.07) is 4.54. The SMILES string of the molecule is O=C(CSc1c(Cl)cccc1Cl)N[C@H]1CS(=O)(=O)C[C@@H]1Cl. The van der Waals surface area contributed by atoms with Gasteiger partial charge in [0.25, 0.3) is 0 Å². The molecule has 4 nitrogen and oxygen atoms in total. The fourth-order valence-corrected chi connectivity index (χ4v) is 5.99. The minimum atomic E-state index is -3.17. The van der Waals surface area contributed by atoms with Gasteiger partial charge in [-0.1, -0.05) is 29.3 Å². The predicted molar refractivity (Wildman–Crippen MR) is 87.4 cm³/mol. The van der Waals surface area contributed by atoms with E-state index in [0.717, 1.165) is 0 Å². The highest BCUT2D eigenvalue weighted by atomic mass is 35.5. The summed E-state index contributed by atoms with van der Waals surface area (Å²) >= 11 is 19.1. The number of hydrogen-bond donors (Lipinski definition) is 1. The number of carbonyl (C=O) groups is 1. The van der Waals surface area contributed by atoms with Gasteiger partial charge in [-0.2, -0.15) is 0 Å². The first kappa shape index (κ1) is 17.2. The van der Waals surface area contributed by atoms with Crippen molar-refractivity contribution >= 4 is 62.3 Å². The van der Waals surface area contributed by atoms with Gasteiger partial charge in [-0.15, -0.1) is 23.4 Å². The van der Waals surface area contributed by atoms with Gasteiger partial charge in [-0.05, 0) is 12.1 Å². The van der Waals surface area contributed by atoms with Gasteiger partial charge in [0.1, 0.15) is 0 Å². The zero-order valence-electron chi connectivity index (χ0n) is 10.7. The lowest BCUT2D eigenvalue weighted by molar-refractivity contribution is -0.119. The van der Waals surface area contributed by atoms with Crippen molar-refractivity contribution < 1.29 is 13.2 Å². The Balaban J connectivity index is 1.91. The van der Waals surface area contributed by atoms with E-state index in [1.165, 1.54) is 11.8 Å². The van der Waals surface area contributed by atoms with Crippen molar-refractivity contribution in [2.24, 2.45) is 0 Å². The van der Waals surface area contributed by atoms with E-state index < -0.39 is 21.3 Å². The van der Waals surface area contributed by atoms with E-state index in [9.17, 15) is 13.2 Å². The highest BCUT2D eigenvalue weighted by Gasteiger charge is 2.37. The third-order valence-electron chi connectivity index (χ3n) is 2.90. The van der Waals surface area contributed by atoms with Gasteiger partial charge in [0, 0.05) is 4.90 Å². The number of benzene rings is 1. The molecule has 1 amide bonds. The summed E-state index contributed by atoms with van der Waals surface area (Å²) in [6.07, 6.45) is 0. The lowest BCUT2D eigenvalue weighted by atomic mass is 10.2. The molecule has 21 heavy (non-hydrogen) atoms. The summed E-state index contributed by atoms with van der Waals surface area (Å²) < 4.78 is 22.9. The van der Waals surface area contributed by atoms with Crippen molar-refractivity contribution in [3.8, 4) is 0 Å². The zero-order valence-corrected chi connectivity index (χ0v) is 14.6. The van der Waals surface area contributed by atoms with Crippen LogP contribution < -0.4 is 5.32 Å². The normalized spacial score (nSPS) is 24.0. The second kappa shape index (κ2) is 6.96. The first-order valence-corrected chi connectivity index (χ1v) is 9.99. The van der Waals surface area contributed by atoms with Crippen LogP contribution in [-0.4, -0.2) is 43.0 Å². The Morgan fingerprint density at radius 1 is 1.29 bits per heavy atom. The third-order valence-corrected chi connectivity index (χ3v) is 7.26. The van der Waals surface area contributed by atoms with Crippen LogP contribution in [0.3, 0.4) is 0 Å². The maximum Gasteiger partial charge on any atom is 0.230 e. The van der Waals surface area contributed by atoms with E-state index in [4.69, 9.17) is 34.8 Å². The molecule has 1 aromatic carbocycles. The number of carbonyl (C=O) groups excluding carboxylic acids is 1. The third kappa shape index (κ3) is 4.66. The second-order valence-electron chi connectivity index (χ2n) is 4.61. The van der Waals surface area contributed by atoms with Gasteiger partial charge in [-0.3, -0.25) is 4.79 Å². The van der Waals surface area contributed by atoms with Crippen molar-refractivity contribution in [2.45, 2.75) is 16.3 Å². The molecule has 0 bridgehead atoms. The molecule has 1 aliphatic heterocycles. The molecule has 1 aliphatic rings. The van der Waals surface area contributed by atoms with Gasteiger partial charge in [-0.25, -0.2) is 8.42 Å². The number of thioether (sulfide) groups is 1. The van der Waals surface area contributed by atoms with Gasteiger partial charge >= 0.3 is 0 Å². The average Bonchev–Trinajstić information content (AvgIpc) is 2.61. The van der Waals surface area contributed by atoms with Crippen LogP contribution in [0.15, 0.2) is 23.1 Å². The standard InChI is InChI=1S/C12H12Cl3NO3S2/c13-7-2-1-3-8(14)12(7)20-4-11(17)16-10-6-21(18,19)5-9(10)15/h1-3,9-10H,4-6H2,(H,16,17)/t9-,10-/m0/s1. The molecule has 2 rings (SSSR count). The molecule has 0 saturated carbocycles. The molecule has 1 fully saturated rings. The molecule has 9 heteroatoms. The summed E-state index contributed by atoms with van der Waals surface area (Å²) in [5.74, 6) is -0.444. The van der Waals surface area contributed by atoms with Crippen LogP contribution in [0.4, 0.5) is 0 Å². The smallest absolute Gasteiger partial charge is 0.230 e. The van der Waals surface area contributed by atoms with Crippen LogP contribution in [-0.2, 0) is 14.6 Å². The molecule has 0 aliphatic carbocycles. The van der Waals surface area contributed by atoms with E-state index in [1.807, 2.05) is 0 Å². The highest BCUT2D eigenvalue weighted by molar-refractivity contribution is 8.00. The molecule has 0 spiro atoms. The molecule has 116 valence electrons. The summed E-state index contributed by atoms with van der Waals surface area (Å²) in [7, 11) is -3.17. The largest absolute Gasteiger partial charge is 0.350 e. The summed E-state index contributed by atoms with van der Waals surface area (Å²) in [4.78, 5) is 12.5. The van der Waals surface area contributed by atoms with Crippen molar-refractivity contribution in [1.29, 1.82) is 0 Å². The first-order chi connectivity index (χ1) is 9.78. The summed E-state index contributed by atoms with van der Waals surface area (Å²) in [5.41, 5.74) is 0. The number of alkyl halides is 1. The molecule has 1 aromatic rings. The van der Waals surface area contributed by atoms with Gasteiger partial charge in [0.2, 0.25) is 5.91 Å². The van der Waals surface area contributed by atoms with Crippen LogP contribution >= 0.6 is 46.6 Å². The fraction of sp³-hybridized carbons (Fsp3) is 0.417. The first-order valence-electron chi connectivity index (χ1n) is 5.99. The van der Waals surface area contributed by atoms with Crippen molar-refractivity contribution in [3.63, 3.8) is 0 Å². The maximum atomic E-state index is 11.9. The molecule has 2 atom stereocenters. The molecule has 1 N–H and O–H groups in total. The minimum absolute atomic E-state index is 0.0869. The van der Waals surface area contributed by atoms with Crippen LogP contribution in [0, 0.1) is 0 Å². The number of hydrogen-bond acceptors (Lipinski definition) is 4. The van der Waals surface area contributed by atoms with E-state index in [2.05, 4.69) is 5.32 Å². The van der Waals surface area contributed by atoms with Gasteiger partial charge in [0.05, 0.1) is 38.7 Å². The van der Waals surface area contributed by atoms with Crippen LogP contribution in [0.2, 0.25) is 10.0 Å². The molecule has 1 heterocycles. The topological polar surface area (TPSA) is 63.2 Å². The van der Waals surface area contributed by atoms with E-state index >= 15 is 0 Å². The number of halogens is 3. The summed E-state index contributed by atoms with van der Waals surface area (Å²) in [6.45, 7) is 0. The molecule has 0 radical (unpaired) electrons. The Labute approximate surface area is 142 Å². The maximum absolute atomic E-state index is 11.9. The highest BCUT2D eigenvalue weighted by Crippen LogP contribution is 2.33.